The molecule has 0 radical (unpaired) electrons. The van der Waals surface area contributed by atoms with Crippen LogP contribution in [0.5, 0.6) is 5.75 Å². The second-order valence-corrected chi connectivity index (χ2v) is 8.51. The molecule has 0 atom stereocenters. The van der Waals surface area contributed by atoms with Crippen LogP contribution in [-0.2, 0) is 10.2 Å². The van der Waals surface area contributed by atoms with E-state index in [1.165, 1.54) is 5.56 Å². The minimum atomic E-state index is -0.253. The zero-order valence-corrected chi connectivity index (χ0v) is 18.4. The molecule has 3 aromatic carbocycles. The van der Waals surface area contributed by atoms with Crippen LogP contribution in [0.4, 0.5) is 11.4 Å². The van der Waals surface area contributed by atoms with Crippen molar-refractivity contribution in [3.8, 4) is 5.75 Å². The summed E-state index contributed by atoms with van der Waals surface area (Å²) in [6.07, 6.45) is 0. The molecule has 31 heavy (non-hydrogen) atoms. The number of nitrogens with one attached hydrogen (secondary N) is 2. The van der Waals surface area contributed by atoms with Crippen LogP contribution in [0.2, 0.25) is 0 Å². The molecule has 0 aliphatic carbocycles. The summed E-state index contributed by atoms with van der Waals surface area (Å²) in [5.41, 5.74) is 4.17. The summed E-state index contributed by atoms with van der Waals surface area (Å²) >= 11 is 0. The third-order valence-corrected chi connectivity index (χ3v) is 4.80. The standard InChI is InChI=1S/C26H28N2O3/c1-18-6-5-7-23(16-18)31-17-24(29)27-21-12-14-22(15-13-21)28-25(30)19-8-10-20(11-9-19)26(2,3)4/h5-16H,17H2,1-4H3,(H,27,29)(H,28,30). The van der Waals surface area contributed by atoms with E-state index in [1.807, 2.05) is 55.5 Å². The third-order valence-electron chi connectivity index (χ3n) is 4.80. The van der Waals surface area contributed by atoms with Gasteiger partial charge in [-0.2, -0.15) is 0 Å². The number of hydrogen-bond donors (Lipinski definition) is 2. The van der Waals surface area contributed by atoms with E-state index >= 15 is 0 Å². The molecule has 3 rings (SSSR count). The molecule has 0 heterocycles. The van der Waals surface area contributed by atoms with Gasteiger partial charge in [0.2, 0.25) is 0 Å². The average Bonchev–Trinajstić information content (AvgIpc) is 2.73. The highest BCUT2D eigenvalue weighted by atomic mass is 16.5. The Labute approximate surface area is 183 Å². The van der Waals surface area contributed by atoms with Gasteiger partial charge in [0, 0.05) is 16.9 Å². The van der Waals surface area contributed by atoms with Crippen molar-refractivity contribution in [2.24, 2.45) is 0 Å². The van der Waals surface area contributed by atoms with Gasteiger partial charge in [0.25, 0.3) is 11.8 Å². The van der Waals surface area contributed by atoms with Crippen molar-refractivity contribution in [3.05, 3.63) is 89.5 Å². The Morgan fingerprint density at radius 3 is 2.03 bits per heavy atom. The number of anilines is 2. The first-order valence-corrected chi connectivity index (χ1v) is 10.2. The molecule has 3 aromatic rings. The van der Waals surface area contributed by atoms with Crippen molar-refractivity contribution in [1.29, 1.82) is 0 Å². The Morgan fingerprint density at radius 1 is 0.839 bits per heavy atom. The quantitative estimate of drug-likeness (QED) is 0.553. The maximum atomic E-state index is 12.5. The molecule has 0 bridgehead atoms. The van der Waals surface area contributed by atoms with Gasteiger partial charge in [-0.25, -0.2) is 0 Å². The lowest BCUT2D eigenvalue weighted by molar-refractivity contribution is -0.118. The molecule has 0 spiro atoms. The van der Waals surface area contributed by atoms with Gasteiger partial charge in [0.15, 0.2) is 6.61 Å². The number of amides is 2. The molecule has 0 unspecified atom stereocenters. The fourth-order valence-corrected chi connectivity index (χ4v) is 3.01. The van der Waals surface area contributed by atoms with Crippen LogP contribution in [0, 0.1) is 6.92 Å². The zero-order valence-electron chi connectivity index (χ0n) is 18.4. The van der Waals surface area contributed by atoms with E-state index in [0.717, 1.165) is 5.56 Å². The lowest BCUT2D eigenvalue weighted by atomic mass is 9.87. The molecule has 2 amide bonds. The van der Waals surface area contributed by atoms with Crippen molar-refractivity contribution in [1.82, 2.24) is 0 Å². The molecule has 5 nitrogen and oxygen atoms in total. The molecule has 5 heteroatoms. The van der Waals surface area contributed by atoms with Crippen LogP contribution < -0.4 is 15.4 Å². The molecular formula is C26H28N2O3. The molecule has 0 aliphatic heterocycles. The average molecular weight is 417 g/mol. The predicted octanol–water partition coefficient (Wildman–Crippen LogP) is 5.56. The van der Waals surface area contributed by atoms with E-state index < -0.39 is 0 Å². The first-order valence-electron chi connectivity index (χ1n) is 10.2. The second kappa shape index (κ2) is 9.47. The van der Waals surface area contributed by atoms with E-state index in [-0.39, 0.29) is 23.8 Å². The molecule has 160 valence electrons. The summed E-state index contributed by atoms with van der Waals surface area (Å²) in [5, 5.41) is 5.66. The molecular weight excluding hydrogens is 388 g/mol. The van der Waals surface area contributed by atoms with Gasteiger partial charge < -0.3 is 15.4 Å². The summed E-state index contributed by atoms with van der Waals surface area (Å²) in [7, 11) is 0. The SMILES string of the molecule is Cc1cccc(OCC(=O)Nc2ccc(NC(=O)c3ccc(C(C)(C)C)cc3)cc2)c1. The number of carbonyl (C=O) groups excluding carboxylic acids is 2. The summed E-state index contributed by atoms with van der Waals surface area (Å²) in [4.78, 5) is 24.6. The molecule has 2 N–H and O–H groups in total. The predicted molar refractivity (Wildman–Crippen MR) is 125 cm³/mol. The van der Waals surface area contributed by atoms with E-state index in [0.29, 0.717) is 22.7 Å². The fourth-order valence-electron chi connectivity index (χ4n) is 3.01. The van der Waals surface area contributed by atoms with E-state index in [4.69, 9.17) is 4.74 Å². The zero-order chi connectivity index (χ0) is 22.4. The van der Waals surface area contributed by atoms with Crippen LogP contribution in [0.3, 0.4) is 0 Å². The molecule has 0 fully saturated rings. The Morgan fingerprint density at radius 2 is 1.45 bits per heavy atom. The number of aryl methyl sites for hydroxylation is 1. The van der Waals surface area contributed by atoms with Crippen molar-refractivity contribution in [3.63, 3.8) is 0 Å². The Kier molecular flexibility index (Phi) is 6.75. The van der Waals surface area contributed by atoms with Gasteiger partial charge in [0.05, 0.1) is 0 Å². The van der Waals surface area contributed by atoms with Gasteiger partial charge in [-0.1, -0.05) is 45.0 Å². The van der Waals surface area contributed by atoms with Gasteiger partial charge in [0.1, 0.15) is 5.75 Å². The highest BCUT2D eigenvalue weighted by Gasteiger charge is 2.14. The fraction of sp³-hybridized carbons (Fsp3) is 0.231. The molecule has 0 aliphatic rings. The Bertz CT molecular complexity index is 1050. The Balaban J connectivity index is 1.52. The van der Waals surface area contributed by atoms with E-state index in [2.05, 4.69) is 31.4 Å². The summed E-state index contributed by atoms with van der Waals surface area (Å²) < 4.78 is 5.51. The van der Waals surface area contributed by atoms with Crippen molar-refractivity contribution >= 4 is 23.2 Å². The minimum Gasteiger partial charge on any atom is -0.484 e. The van der Waals surface area contributed by atoms with Crippen LogP contribution in [0.25, 0.3) is 0 Å². The van der Waals surface area contributed by atoms with Crippen LogP contribution in [0.15, 0.2) is 72.8 Å². The van der Waals surface area contributed by atoms with E-state index in [9.17, 15) is 9.59 Å². The maximum absolute atomic E-state index is 12.5. The van der Waals surface area contributed by atoms with Crippen LogP contribution in [-0.4, -0.2) is 18.4 Å². The van der Waals surface area contributed by atoms with Gasteiger partial charge in [-0.05, 0) is 72.0 Å². The number of ether oxygens (including phenoxy) is 1. The largest absolute Gasteiger partial charge is 0.484 e. The van der Waals surface area contributed by atoms with Gasteiger partial charge in [-0.3, -0.25) is 9.59 Å². The first kappa shape index (κ1) is 22.1. The number of rotatable bonds is 6. The number of carbonyl (C=O) groups is 2. The Hall–Kier alpha value is -3.60. The van der Waals surface area contributed by atoms with Crippen molar-refractivity contribution in [2.45, 2.75) is 33.1 Å². The monoisotopic (exact) mass is 416 g/mol. The molecule has 0 saturated heterocycles. The molecule has 0 saturated carbocycles. The summed E-state index contributed by atoms with van der Waals surface area (Å²) in [6.45, 7) is 8.30. The lowest BCUT2D eigenvalue weighted by Crippen LogP contribution is -2.20. The first-order chi connectivity index (χ1) is 14.7. The van der Waals surface area contributed by atoms with Crippen LogP contribution in [0.1, 0.15) is 42.3 Å². The lowest BCUT2D eigenvalue weighted by Gasteiger charge is -2.19. The van der Waals surface area contributed by atoms with Crippen molar-refractivity contribution in [2.75, 3.05) is 17.2 Å². The van der Waals surface area contributed by atoms with E-state index in [1.54, 1.807) is 24.3 Å². The highest BCUT2D eigenvalue weighted by molar-refractivity contribution is 6.04. The summed E-state index contributed by atoms with van der Waals surface area (Å²) in [5.74, 6) is 0.227. The van der Waals surface area contributed by atoms with Gasteiger partial charge >= 0.3 is 0 Å². The second-order valence-electron chi connectivity index (χ2n) is 8.51. The highest BCUT2D eigenvalue weighted by Crippen LogP contribution is 2.22. The number of hydrogen-bond acceptors (Lipinski definition) is 3. The van der Waals surface area contributed by atoms with Crippen molar-refractivity contribution < 1.29 is 14.3 Å². The summed E-state index contributed by atoms with van der Waals surface area (Å²) in [6, 6.07) is 22.1. The molecule has 0 aromatic heterocycles. The maximum Gasteiger partial charge on any atom is 0.262 e. The smallest absolute Gasteiger partial charge is 0.262 e. The topological polar surface area (TPSA) is 67.4 Å². The normalized spacial score (nSPS) is 11.0. The minimum absolute atomic E-state index is 0.0420. The number of benzene rings is 3. The van der Waals surface area contributed by atoms with Crippen LogP contribution >= 0.6 is 0 Å². The third kappa shape index (κ3) is 6.44. The van der Waals surface area contributed by atoms with Gasteiger partial charge in [-0.15, -0.1) is 0 Å².